The number of amides is 1. The number of carbonyl (C=O) groups excluding carboxylic acids is 2. The van der Waals surface area contributed by atoms with Crippen molar-refractivity contribution in [3.8, 4) is 16.9 Å². The molecule has 1 fully saturated rings. The number of carbonyl (C=O) groups is 2. The van der Waals surface area contributed by atoms with Crippen molar-refractivity contribution < 1.29 is 23.8 Å². The molecule has 4 aromatic rings. The molecule has 40 heavy (non-hydrogen) atoms. The Balaban J connectivity index is 1.47. The molecule has 1 saturated carbocycles. The number of phenolic OH excluding ortho intramolecular Hbond substituents is 1. The number of aromatic nitrogens is 1. The molecule has 7 nitrogen and oxygen atoms in total. The van der Waals surface area contributed by atoms with Crippen LogP contribution in [0.1, 0.15) is 49.5 Å². The number of anilines is 2. The summed E-state index contributed by atoms with van der Waals surface area (Å²) in [4.78, 5) is 29.7. The summed E-state index contributed by atoms with van der Waals surface area (Å²) in [6, 6.07) is 15.6. The molecule has 3 aromatic carbocycles. The first-order valence-electron chi connectivity index (χ1n) is 13.0. The Morgan fingerprint density at radius 2 is 1.80 bits per heavy atom. The lowest BCUT2D eigenvalue weighted by molar-refractivity contribution is 0.0523. The van der Waals surface area contributed by atoms with E-state index in [0.29, 0.717) is 39.8 Å². The predicted molar refractivity (Wildman–Crippen MR) is 154 cm³/mol. The molecule has 0 spiro atoms. The van der Waals surface area contributed by atoms with Crippen molar-refractivity contribution in [1.29, 1.82) is 0 Å². The molecule has 1 amide bonds. The van der Waals surface area contributed by atoms with Crippen molar-refractivity contribution >= 4 is 45.8 Å². The number of nitrogens with zero attached hydrogens (tertiary/aromatic N) is 1. The number of hydrogen-bond acceptors (Lipinski definition) is 6. The molecular weight excluding hydrogens is 533 g/mol. The van der Waals surface area contributed by atoms with Gasteiger partial charge in [-0.3, -0.25) is 9.78 Å². The smallest absolute Gasteiger partial charge is 0.407 e. The first-order valence-corrected chi connectivity index (χ1v) is 13.3. The van der Waals surface area contributed by atoms with Gasteiger partial charge in [0.2, 0.25) is 0 Å². The summed E-state index contributed by atoms with van der Waals surface area (Å²) in [5, 5.41) is 16.5. The number of phenols is 1. The van der Waals surface area contributed by atoms with Crippen LogP contribution in [0.4, 0.5) is 20.6 Å². The number of Topliss-reactive ketones (excluding diaryl/α,β-unsaturated/α-hetero) is 1. The molecule has 0 radical (unpaired) electrons. The highest BCUT2D eigenvalue weighted by molar-refractivity contribution is 6.32. The van der Waals surface area contributed by atoms with Crippen molar-refractivity contribution in [1.82, 2.24) is 10.3 Å². The van der Waals surface area contributed by atoms with Gasteiger partial charge in [0.15, 0.2) is 17.3 Å². The quantitative estimate of drug-likeness (QED) is 0.199. The van der Waals surface area contributed by atoms with Crippen LogP contribution in [0.5, 0.6) is 5.75 Å². The van der Waals surface area contributed by atoms with E-state index in [0.717, 1.165) is 24.1 Å². The van der Waals surface area contributed by atoms with Crippen molar-refractivity contribution in [3.63, 3.8) is 0 Å². The SMILES string of the molecule is CC(C)(C)OC(=O)NCc1ccc(Nc2c(C(=O)C3CC3)cnc3ccc(-c4cc(F)c(O)c(Cl)c4)cc23)cc1. The van der Waals surface area contributed by atoms with E-state index in [-0.39, 0.29) is 16.7 Å². The van der Waals surface area contributed by atoms with Crippen molar-refractivity contribution in [2.24, 2.45) is 5.92 Å². The second kappa shape index (κ2) is 10.8. The lowest BCUT2D eigenvalue weighted by atomic mass is 9.98. The highest BCUT2D eigenvalue weighted by atomic mass is 35.5. The maximum atomic E-state index is 14.2. The van der Waals surface area contributed by atoms with Gasteiger partial charge in [0.05, 0.1) is 21.8 Å². The molecule has 1 aliphatic carbocycles. The summed E-state index contributed by atoms with van der Waals surface area (Å²) < 4.78 is 19.5. The number of ketones is 1. The van der Waals surface area contributed by atoms with E-state index in [9.17, 15) is 19.1 Å². The molecule has 3 N–H and O–H groups in total. The normalized spacial score (nSPS) is 13.2. The van der Waals surface area contributed by atoms with Gasteiger partial charge in [-0.25, -0.2) is 9.18 Å². The number of benzene rings is 3. The van der Waals surface area contributed by atoms with Gasteiger partial charge in [-0.2, -0.15) is 0 Å². The highest BCUT2D eigenvalue weighted by Gasteiger charge is 2.32. The van der Waals surface area contributed by atoms with Crippen LogP contribution < -0.4 is 10.6 Å². The van der Waals surface area contributed by atoms with E-state index in [1.807, 2.05) is 30.3 Å². The molecule has 0 atom stereocenters. The number of pyridine rings is 1. The number of halogens is 2. The van der Waals surface area contributed by atoms with Gasteiger partial charge in [0, 0.05) is 29.7 Å². The first kappa shape index (κ1) is 27.4. The van der Waals surface area contributed by atoms with Crippen molar-refractivity contribution in [2.75, 3.05) is 5.32 Å². The molecule has 0 unspecified atom stereocenters. The third-order valence-corrected chi connectivity index (χ3v) is 6.78. The Morgan fingerprint density at radius 3 is 2.45 bits per heavy atom. The minimum atomic E-state index is -0.821. The summed E-state index contributed by atoms with van der Waals surface area (Å²) in [5.74, 6) is -1.41. The molecule has 1 aliphatic rings. The zero-order valence-electron chi connectivity index (χ0n) is 22.3. The number of rotatable bonds is 7. The highest BCUT2D eigenvalue weighted by Crippen LogP contribution is 2.39. The summed E-state index contributed by atoms with van der Waals surface area (Å²) >= 11 is 6.03. The Hall–Kier alpha value is -4.17. The van der Waals surface area contributed by atoms with Gasteiger partial charge >= 0.3 is 6.09 Å². The fourth-order valence-electron chi connectivity index (χ4n) is 4.33. The zero-order chi connectivity index (χ0) is 28.6. The van der Waals surface area contributed by atoms with E-state index in [2.05, 4.69) is 15.6 Å². The average molecular weight is 562 g/mol. The molecular formula is C31H29ClFN3O4. The standard InChI is InChI=1S/C31H29ClFN3O4/c1-31(2,3)40-30(39)35-15-17-4-9-21(10-5-17)36-27-22-12-19(20-13-24(32)29(38)25(33)14-20)8-11-26(22)34-16-23(27)28(37)18-6-7-18/h4-5,8-14,16,18,38H,6-7,15H2,1-3H3,(H,34,36)(H,35,39). The molecule has 0 saturated heterocycles. The molecule has 1 heterocycles. The fraction of sp³-hybridized carbons (Fsp3) is 0.258. The Labute approximate surface area is 236 Å². The molecule has 206 valence electrons. The van der Waals surface area contributed by atoms with Crippen LogP contribution in [0.3, 0.4) is 0 Å². The predicted octanol–water partition coefficient (Wildman–Crippen LogP) is 7.76. The minimum Gasteiger partial charge on any atom is -0.504 e. The van der Waals surface area contributed by atoms with Crippen LogP contribution in [0.15, 0.2) is 60.8 Å². The number of aromatic hydroxyl groups is 1. The van der Waals surface area contributed by atoms with Crippen LogP contribution in [0.2, 0.25) is 5.02 Å². The zero-order valence-corrected chi connectivity index (χ0v) is 23.1. The molecule has 1 aromatic heterocycles. The number of nitrogens with one attached hydrogen (secondary N) is 2. The number of fused-ring (bicyclic) bond motifs is 1. The third-order valence-electron chi connectivity index (χ3n) is 6.49. The van der Waals surface area contributed by atoms with Crippen LogP contribution in [0, 0.1) is 11.7 Å². The fourth-order valence-corrected chi connectivity index (χ4v) is 4.54. The van der Waals surface area contributed by atoms with Gasteiger partial charge < -0.3 is 20.5 Å². The van der Waals surface area contributed by atoms with Gasteiger partial charge in [-0.15, -0.1) is 0 Å². The Kier molecular flexibility index (Phi) is 7.38. The van der Waals surface area contributed by atoms with Crippen LogP contribution in [-0.4, -0.2) is 27.6 Å². The van der Waals surface area contributed by atoms with Crippen molar-refractivity contribution in [3.05, 3.63) is 82.8 Å². The van der Waals surface area contributed by atoms with Crippen LogP contribution >= 0.6 is 11.6 Å². The van der Waals surface area contributed by atoms with Gasteiger partial charge in [0.25, 0.3) is 0 Å². The number of ether oxygens (including phenoxy) is 1. The summed E-state index contributed by atoms with van der Waals surface area (Å²) in [6.45, 7) is 5.71. The van der Waals surface area contributed by atoms with E-state index < -0.39 is 23.3 Å². The van der Waals surface area contributed by atoms with Crippen molar-refractivity contribution in [2.45, 2.75) is 45.8 Å². The van der Waals surface area contributed by atoms with Gasteiger partial charge in [-0.1, -0.05) is 29.8 Å². The Bertz CT molecular complexity index is 1590. The maximum Gasteiger partial charge on any atom is 0.407 e. The third kappa shape index (κ3) is 6.18. The molecule has 9 heteroatoms. The maximum absolute atomic E-state index is 14.2. The number of hydrogen-bond donors (Lipinski definition) is 3. The molecule has 5 rings (SSSR count). The summed E-state index contributed by atoms with van der Waals surface area (Å²) in [5.41, 5.74) is 3.91. The van der Waals surface area contributed by atoms with E-state index in [1.54, 1.807) is 39.1 Å². The number of alkyl carbamates (subject to hydrolysis) is 1. The summed E-state index contributed by atoms with van der Waals surface area (Å²) in [6.07, 6.45) is 2.80. The second-order valence-electron chi connectivity index (χ2n) is 10.9. The van der Waals surface area contributed by atoms with Gasteiger partial charge in [0.1, 0.15) is 5.60 Å². The topological polar surface area (TPSA) is 101 Å². The largest absolute Gasteiger partial charge is 0.504 e. The average Bonchev–Trinajstić information content (AvgIpc) is 3.75. The van der Waals surface area contributed by atoms with E-state index in [4.69, 9.17) is 16.3 Å². The van der Waals surface area contributed by atoms with E-state index >= 15 is 0 Å². The van der Waals surface area contributed by atoms with Gasteiger partial charge in [-0.05, 0) is 86.7 Å². The van der Waals surface area contributed by atoms with E-state index in [1.165, 1.54) is 12.1 Å². The lowest BCUT2D eigenvalue weighted by Crippen LogP contribution is -2.32. The molecule has 0 bridgehead atoms. The van der Waals surface area contributed by atoms with Crippen LogP contribution in [0.25, 0.3) is 22.0 Å². The van der Waals surface area contributed by atoms with Crippen LogP contribution in [-0.2, 0) is 11.3 Å². The first-order chi connectivity index (χ1) is 19.0. The second-order valence-corrected chi connectivity index (χ2v) is 11.3. The Morgan fingerprint density at radius 1 is 1.07 bits per heavy atom. The molecule has 0 aliphatic heterocycles. The monoisotopic (exact) mass is 561 g/mol. The minimum absolute atomic E-state index is 0.0192. The lowest BCUT2D eigenvalue weighted by Gasteiger charge is -2.19. The summed E-state index contributed by atoms with van der Waals surface area (Å²) in [7, 11) is 0.